The molecule has 0 radical (unpaired) electrons. The first-order chi connectivity index (χ1) is 13.1. The summed E-state index contributed by atoms with van der Waals surface area (Å²) >= 11 is 0. The van der Waals surface area contributed by atoms with E-state index in [0.29, 0.717) is 18.7 Å². The molecule has 0 fully saturated rings. The van der Waals surface area contributed by atoms with Gasteiger partial charge in [0.2, 0.25) is 0 Å². The van der Waals surface area contributed by atoms with Gasteiger partial charge >= 0.3 is 0 Å². The first kappa shape index (κ1) is 18.9. The van der Waals surface area contributed by atoms with Gasteiger partial charge in [0.25, 0.3) is 5.91 Å². The molecular weight excluding hydrogens is 338 g/mol. The Bertz CT molecular complexity index is 852. The number of nitrogens with zero attached hydrogens (tertiary/aromatic N) is 1. The van der Waals surface area contributed by atoms with Gasteiger partial charge in [-0.3, -0.25) is 9.59 Å². The van der Waals surface area contributed by atoms with E-state index in [4.69, 9.17) is 4.74 Å². The van der Waals surface area contributed by atoms with Crippen LogP contribution in [0.3, 0.4) is 0 Å². The van der Waals surface area contributed by atoms with E-state index in [9.17, 15) is 9.59 Å². The maximum atomic E-state index is 12.8. The van der Waals surface area contributed by atoms with Gasteiger partial charge < -0.3 is 9.64 Å². The summed E-state index contributed by atoms with van der Waals surface area (Å²) in [4.78, 5) is 26.2. The van der Waals surface area contributed by atoms with Crippen molar-refractivity contribution >= 4 is 23.5 Å². The van der Waals surface area contributed by atoms with E-state index in [1.807, 2.05) is 48.5 Å². The third kappa shape index (κ3) is 4.64. The predicted octanol–water partition coefficient (Wildman–Crippen LogP) is 4.67. The van der Waals surface area contributed by atoms with Crippen LogP contribution in [-0.4, -0.2) is 24.8 Å². The van der Waals surface area contributed by atoms with Crippen molar-refractivity contribution < 1.29 is 14.3 Å². The molecule has 0 unspecified atom stereocenters. The molecule has 140 valence electrons. The van der Waals surface area contributed by atoms with Crippen LogP contribution in [0.15, 0.2) is 48.5 Å². The molecule has 27 heavy (non-hydrogen) atoms. The molecule has 1 heterocycles. The molecule has 1 aliphatic heterocycles. The van der Waals surface area contributed by atoms with Crippen LogP contribution in [0.2, 0.25) is 0 Å². The fourth-order valence-electron chi connectivity index (χ4n) is 3.18. The molecule has 4 heteroatoms. The molecule has 0 saturated heterocycles. The number of hydrogen-bond donors (Lipinski definition) is 0. The molecule has 0 bridgehead atoms. The Morgan fingerprint density at radius 3 is 2.63 bits per heavy atom. The van der Waals surface area contributed by atoms with Crippen LogP contribution in [-0.2, 0) is 11.2 Å². The SMILES string of the molecule is CCCOc1ccc(/C=C/C(=O)N2CCCc3ccc(C(C)=O)cc32)cc1. The lowest BCUT2D eigenvalue weighted by Gasteiger charge is -2.29. The van der Waals surface area contributed by atoms with Crippen molar-refractivity contribution in [1.82, 2.24) is 0 Å². The lowest BCUT2D eigenvalue weighted by atomic mass is 9.98. The number of anilines is 1. The second kappa shape index (κ2) is 8.67. The molecule has 0 aliphatic carbocycles. The van der Waals surface area contributed by atoms with E-state index in [1.165, 1.54) is 0 Å². The number of ether oxygens (including phenoxy) is 1. The lowest BCUT2D eigenvalue weighted by Crippen LogP contribution is -2.34. The van der Waals surface area contributed by atoms with Gasteiger partial charge in [-0.05, 0) is 61.6 Å². The molecule has 2 aromatic rings. The highest BCUT2D eigenvalue weighted by molar-refractivity contribution is 6.05. The van der Waals surface area contributed by atoms with Crippen LogP contribution in [0.4, 0.5) is 5.69 Å². The highest BCUT2D eigenvalue weighted by atomic mass is 16.5. The maximum absolute atomic E-state index is 12.8. The Morgan fingerprint density at radius 1 is 1.15 bits per heavy atom. The van der Waals surface area contributed by atoms with Gasteiger partial charge in [-0.15, -0.1) is 0 Å². The van der Waals surface area contributed by atoms with E-state index < -0.39 is 0 Å². The number of aryl methyl sites for hydroxylation is 1. The molecule has 0 aromatic heterocycles. The summed E-state index contributed by atoms with van der Waals surface area (Å²) in [5.41, 5.74) is 3.55. The van der Waals surface area contributed by atoms with Crippen molar-refractivity contribution in [1.29, 1.82) is 0 Å². The summed E-state index contributed by atoms with van der Waals surface area (Å²) in [5.74, 6) is 0.779. The fraction of sp³-hybridized carbons (Fsp3) is 0.304. The molecule has 3 rings (SSSR count). The number of benzene rings is 2. The van der Waals surface area contributed by atoms with Crippen LogP contribution in [0.25, 0.3) is 6.08 Å². The number of carbonyl (C=O) groups is 2. The number of hydrogen-bond acceptors (Lipinski definition) is 3. The molecule has 4 nitrogen and oxygen atoms in total. The number of ketones is 1. The summed E-state index contributed by atoms with van der Waals surface area (Å²) in [6.45, 7) is 4.98. The molecular formula is C23H25NO3. The van der Waals surface area contributed by atoms with E-state index in [1.54, 1.807) is 17.9 Å². The first-order valence-corrected chi connectivity index (χ1v) is 9.45. The summed E-state index contributed by atoms with van der Waals surface area (Å²) in [7, 11) is 0. The van der Waals surface area contributed by atoms with Gasteiger partial charge in [-0.25, -0.2) is 0 Å². The zero-order chi connectivity index (χ0) is 19.2. The molecule has 0 N–H and O–H groups in total. The van der Waals surface area contributed by atoms with Crippen molar-refractivity contribution in [3.8, 4) is 5.75 Å². The number of fused-ring (bicyclic) bond motifs is 1. The van der Waals surface area contributed by atoms with Crippen LogP contribution in [0, 0.1) is 0 Å². The monoisotopic (exact) mass is 363 g/mol. The van der Waals surface area contributed by atoms with Crippen molar-refractivity contribution in [3.05, 3.63) is 65.2 Å². The van der Waals surface area contributed by atoms with Crippen molar-refractivity contribution in [3.63, 3.8) is 0 Å². The second-order valence-corrected chi connectivity index (χ2v) is 6.74. The molecule has 0 atom stereocenters. The van der Waals surface area contributed by atoms with E-state index in [0.717, 1.165) is 41.8 Å². The van der Waals surface area contributed by atoms with Crippen molar-refractivity contribution in [2.75, 3.05) is 18.1 Å². The molecule has 1 aliphatic rings. The highest BCUT2D eigenvalue weighted by Gasteiger charge is 2.21. The van der Waals surface area contributed by atoms with Crippen LogP contribution < -0.4 is 9.64 Å². The fourth-order valence-corrected chi connectivity index (χ4v) is 3.18. The number of rotatable bonds is 6. The molecule has 2 aromatic carbocycles. The van der Waals surface area contributed by atoms with E-state index >= 15 is 0 Å². The Morgan fingerprint density at radius 2 is 1.93 bits per heavy atom. The molecule has 0 spiro atoms. The minimum absolute atomic E-state index is 0.0108. The van der Waals surface area contributed by atoms with Crippen LogP contribution in [0.1, 0.15) is 48.2 Å². The Hall–Kier alpha value is -2.88. The summed E-state index contributed by atoms with van der Waals surface area (Å²) in [6, 6.07) is 13.3. The Balaban J connectivity index is 1.74. The topological polar surface area (TPSA) is 46.6 Å². The number of Topliss-reactive ketones (excluding diaryl/α,β-unsaturated/α-hetero) is 1. The number of amides is 1. The van der Waals surface area contributed by atoms with Gasteiger partial charge in [0, 0.05) is 23.9 Å². The Labute approximate surface area is 160 Å². The largest absolute Gasteiger partial charge is 0.494 e. The van der Waals surface area contributed by atoms with Crippen LogP contribution >= 0.6 is 0 Å². The molecule has 0 saturated carbocycles. The summed E-state index contributed by atoms with van der Waals surface area (Å²) in [6.07, 6.45) is 6.24. The normalized spacial score (nSPS) is 13.5. The van der Waals surface area contributed by atoms with Gasteiger partial charge in [0.15, 0.2) is 5.78 Å². The third-order valence-electron chi connectivity index (χ3n) is 4.65. The van der Waals surface area contributed by atoms with Gasteiger partial charge in [-0.1, -0.05) is 31.2 Å². The predicted molar refractivity (Wildman–Crippen MR) is 108 cm³/mol. The zero-order valence-corrected chi connectivity index (χ0v) is 15.9. The third-order valence-corrected chi connectivity index (χ3v) is 4.65. The minimum Gasteiger partial charge on any atom is -0.494 e. The summed E-state index contributed by atoms with van der Waals surface area (Å²) < 4.78 is 5.57. The number of carbonyl (C=O) groups excluding carboxylic acids is 2. The van der Waals surface area contributed by atoms with E-state index in [2.05, 4.69) is 6.92 Å². The van der Waals surface area contributed by atoms with Crippen LogP contribution in [0.5, 0.6) is 5.75 Å². The van der Waals surface area contributed by atoms with E-state index in [-0.39, 0.29) is 11.7 Å². The average molecular weight is 363 g/mol. The minimum atomic E-state index is -0.0667. The summed E-state index contributed by atoms with van der Waals surface area (Å²) in [5, 5.41) is 0. The smallest absolute Gasteiger partial charge is 0.250 e. The lowest BCUT2D eigenvalue weighted by molar-refractivity contribution is -0.114. The van der Waals surface area contributed by atoms with Crippen molar-refractivity contribution in [2.45, 2.75) is 33.1 Å². The maximum Gasteiger partial charge on any atom is 0.250 e. The van der Waals surface area contributed by atoms with Gasteiger partial charge in [-0.2, -0.15) is 0 Å². The molecule has 1 amide bonds. The Kier molecular flexibility index (Phi) is 6.07. The standard InChI is InChI=1S/C23H25NO3/c1-3-15-27-21-11-6-18(7-12-21)8-13-23(26)24-14-4-5-19-9-10-20(17(2)25)16-22(19)24/h6-13,16H,3-5,14-15H2,1-2H3/b13-8+. The van der Waals surface area contributed by atoms with Crippen molar-refractivity contribution in [2.24, 2.45) is 0 Å². The zero-order valence-electron chi connectivity index (χ0n) is 15.9. The quantitative estimate of drug-likeness (QED) is 0.553. The second-order valence-electron chi connectivity index (χ2n) is 6.74. The van der Waals surface area contributed by atoms with Gasteiger partial charge in [0.05, 0.1) is 6.61 Å². The first-order valence-electron chi connectivity index (χ1n) is 9.45. The average Bonchev–Trinajstić information content (AvgIpc) is 2.70. The van der Waals surface area contributed by atoms with Gasteiger partial charge in [0.1, 0.15) is 5.75 Å². The highest BCUT2D eigenvalue weighted by Crippen LogP contribution is 2.29.